The first kappa shape index (κ1) is 11.8. The number of aliphatic hydroxyl groups excluding tert-OH is 1. The van der Waals surface area contributed by atoms with Gasteiger partial charge in [0.1, 0.15) is 0 Å². The quantitative estimate of drug-likeness (QED) is 0.688. The lowest BCUT2D eigenvalue weighted by Crippen LogP contribution is -2.47. The molecule has 74 valence electrons. The van der Waals surface area contributed by atoms with Gasteiger partial charge < -0.3 is 10.8 Å². The molecular formula is C8H17F2NO. The first-order valence-corrected chi connectivity index (χ1v) is 3.89. The average Bonchev–Trinajstić information content (AvgIpc) is 1.85. The summed E-state index contributed by atoms with van der Waals surface area (Å²) < 4.78 is 24.5. The van der Waals surface area contributed by atoms with Crippen LogP contribution >= 0.6 is 0 Å². The van der Waals surface area contributed by atoms with E-state index in [1.807, 2.05) is 0 Å². The minimum absolute atomic E-state index is 0.105. The van der Waals surface area contributed by atoms with Gasteiger partial charge in [-0.1, -0.05) is 13.8 Å². The van der Waals surface area contributed by atoms with E-state index in [0.29, 0.717) is 0 Å². The van der Waals surface area contributed by atoms with Crippen molar-refractivity contribution in [1.82, 2.24) is 0 Å². The molecule has 3 N–H and O–H groups in total. The molecule has 0 aromatic rings. The maximum absolute atomic E-state index is 12.3. The Morgan fingerprint density at radius 2 is 1.75 bits per heavy atom. The number of rotatable bonds is 4. The molecule has 0 fully saturated rings. The van der Waals surface area contributed by atoms with Gasteiger partial charge in [-0.25, -0.2) is 8.78 Å². The highest BCUT2D eigenvalue weighted by Gasteiger charge is 2.36. The van der Waals surface area contributed by atoms with Gasteiger partial charge in [0.2, 0.25) is 0 Å². The number of hydrogen-bond donors (Lipinski definition) is 2. The third-order valence-corrected chi connectivity index (χ3v) is 1.79. The predicted octanol–water partition coefficient (Wildman–Crippen LogP) is 1.38. The second kappa shape index (κ2) is 3.66. The summed E-state index contributed by atoms with van der Waals surface area (Å²) in [5, 5.41) is 8.84. The Balaban J connectivity index is 4.23. The van der Waals surface area contributed by atoms with Crippen LogP contribution in [0.4, 0.5) is 8.78 Å². The van der Waals surface area contributed by atoms with Crippen molar-refractivity contribution in [3.63, 3.8) is 0 Å². The molecule has 2 nitrogen and oxygen atoms in total. The van der Waals surface area contributed by atoms with E-state index in [1.54, 1.807) is 13.8 Å². The summed E-state index contributed by atoms with van der Waals surface area (Å²) in [6, 6.07) is 0. The van der Waals surface area contributed by atoms with Gasteiger partial charge in [0.15, 0.2) is 0 Å². The van der Waals surface area contributed by atoms with Crippen molar-refractivity contribution in [2.24, 2.45) is 11.1 Å². The van der Waals surface area contributed by atoms with Crippen LogP contribution in [0, 0.1) is 5.41 Å². The minimum atomic E-state index is -2.55. The Hall–Kier alpha value is -0.220. The van der Waals surface area contributed by atoms with Crippen LogP contribution in [0.5, 0.6) is 0 Å². The molecule has 0 rings (SSSR count). The molecule has 0 saturated carbocycles. The average molecular weight is 181 g/mol. The van der Waals surface area contributed by atoms with E-state index < -0.39 is 17.4 Å². The topological polar surface area (TPSA) is 46.2 Å². The molecule has 0 aliphatic carbocycles. The van der Waals surface area contributed by atoms with Crippen molar-refractivity contribution in [2.45, 2.75) is 39.2 Å². The maximum atomic E-state index is 12.3. The molecule has 0 bridgehead atoms. The van der Waals surface area contributed by atoms with E-state index in [2.05, 4.69) is 0 Å². The van der Waals surface area contributed by atoms with E-state index in [0.717, 1.165) is 0 Å². The second-order valence-corrected chi connectivity index (χ2v) is 4.31. The molecular weight excluding hydrogens is 164 g/mol. The third-order valence-electron chi connectivity index (χ3n) is 1.79. The lowest BCUT2D eigenvalue weighted by Gasteiger charge is -2.32. The van der Waals surface area contributed by atoms with Gasteiger partial charge in [-0.05, 0) is 18.8 Å². The number of hydrogen-bond acceptors (Lipinski definition) is 2. The molecule has 0 aliphatic heterocycles. The lowest BCUT2D eigenvalue weighted by atomic mass is 9.80. The fourth-order valence-electron chi connectivity index (χ4n) is 1.16. The molecule has 4 heteroatoms. The summed E-state index contributed by atoms with van der Waals surface area (Å²) in [6.07, 6.45) is -2.45. The highest BCUT2D eigenvalue weighted by Crippen LogP contribution is 2.29. The molecule has 0 spiro atoms. The van der Waals surface area contributed by atoms with Crippen molar-refractivity contribution in [2.75, 3.05) is 6.61 Å². The summed E-state index contributed by atoms with van der Waals surface area (Å²) in [5.41, 5.74) is 3.31. The van der Waals surface area contributed by atoms with E-state index in [-0.39, 0.29) is 13.0 Å². The zero-order valence-electron chi connectivity index (χ0n) is 7.77. The van der Waals surface area contributed by atoms with Crippen LogP contribution in [-0.4, -0.2) is 23.7 Å². The maximum Gasteiger partial charge on any atom is 0.256 e. The van der Waals surface area contributed by atoms with Crippen molar-refractivity contribution < 1.29 is 13.9 Å². The minimum Gasteiger partial charge on any atom is -0.396 e. The van der Waals surface area contributed by atoms with Crippen LogP contribution in [0.15, 0.2) is 0 Å². The molecule has 1 atom stereocenters. The summed E-state index contributed by atoms with van der Waals surface area (Å²) in [7, 11) is 0. The molecule has 0 aromatic carbocycles. The van der Waals surface area contributed by atoms with Gasteiger partial charge in [-0.2, -0.15) is 0 Å². The van der Waals surface area contributed by atoms with Crippen LogP contribution < -0.4 is 5.73 Å². The number of nitrogens with two attached hydrogens (primary N) is 1. The molecule has 0 radical (unpaired) electrons. The smallest absolute Gasteiger partial charge is 0.256 e. The van der Waals surface area contributed by atoms with Crippen molar-refractivity contribution in [3.8, 4) is 0 Å². The Labute approximate surface area is 71.8 Å². The lowest BCUT2D eigenvalue weighted by molar-refractivity contribution is 0.0225. The second-order valence-electron chi connectivity index (χ2n) is 4.31. The van der Waals surface area contributed by atoms with E-state index in [1.165, 1.54) is 6.92 Å². The first-order chi connectivity index (χ1) is 5.21. The van der Waals surface area contributed by atoms with Crippen LogP contribution in [-0.2, 0) is 0 Å². The SMILES string of the molecule is CC(C)(CO)CC(C)(N)C(F)F. The predicted molar refractivity (Wildman–Crippen MR) is 44.1 cm³/mol. The normalized spacial score (nSPS) is 18.0. The summed E-state index contributed by atoms with van der Waals surface area (Å²) >= 11 is 0. The molecule has 0 amide bonds. The van der Waals surface area contributed by atoms with E-state index in [4.69, 9.17) is 10.8 Å². The van der Waals surface area contributed by atoms with E-state index >= 15 is 0 Å². The highest BCUT2D eigenvalue weighted by molar-refractivity contribution is 4.87. The van der Waals surface area contributed by atoms with Gasteiger partial charge in [-0.15, -0.1) is 0 Å². The fourth-order valence-corrected chi connectivity index (χ4v) is 1.16. The van der Waals surface area contributed by atoms with Gasteiger partial charge in [0.25, 0.3) is 6.43 Å². The number of alkyl halides is 2. The monoisotopic (exact) mass is 181 g/mol. The van der Waals surface area contributed by atoms with Gasteiger partial charge in [0, 0.05) is 6.61 Å². The largest absolute Gasteiger partial charge is 0.396 e. The highest BCUT2D eigenvalue weighted by atomic mass is 19.3. The summed E-state index contributed by atoms with van der Waals surface area (Å²) in [4.78, 5) is 0. The van der Waals surface area contributed by atoms with Crippen LogP contribution in [0.3, 0.4) is 0 Å². The Morgan fingerprint density at radius 1 is 1.33 bits per heavy atom. The van der Waals surface area contributed by atoms with Crippen molar-refractivity contribution >= 4 is 0 Å². The molecule has 1 unspecified atom stereocenters. The Kier molecular flexibility index (Phi) is 3.59. The molecule has 0 aliphatic rings. The standard InChI is InChI=1S/C8H17F2NO/c1-7(2,5-12)4-8(3,11)6(9)10/h6,12H,4-5,11H2,1-3H3. The van der Waals surface area contributed by atoms with Gasteiger partial charge >= 0.3 is 0 Å². The number of halogens is 2. The van der Waals surface area contributed by atoms with E-state index in [9.17, 15) is 8.78 Å². The van der Waals surface area contributed by atoms with Crippen LogP contribution in [0.2, 0.25) is 0 Å². The van der Waals surface area contributed by atoms with Crippen molar-refractivity contribution in [3.05, 3.63) is 0 Å². The van der Waals surface area contributed by atoms with Crippen molar-refractivity contribution in [1.29, 1.82) is 0 Å². The third kappa shape index (κ3) is 3.45. The van der Waals surface area contributed by atoms with Crippen LogP contribution in [0.25, 0.3) is 0 Å². The summed E-state index contributed by atoms with van der Waals surface area (Å²) in [6.45, 7) is 4.59. The number of aliphatic hydroxyl groups is 1. The Bertz CT molecular complexity index is 146. The molecule has 0 heterocycles. The molecule has 0 aromatic heterocycles. The fraction of sp³-hybridized carbons (Fsp3) is 1.00. The van der Waals surface area contributed by atoms with Gasteiger partial charge in [-0.3, -0.25) is 0 Å². The zero-order chi connectivity index (χ0) is 9.99. The van der Waals surface area contributed by atoms with Gasteiger partial charge in [0.05, 0.1) is 5.54 Å². The molecule has 0 saturated heterocycles. The van der Waals surface area contributed by atoms with Crippen LogP contribution in [0.1, 0.15) is 27.2 Å². The summed E-state index contributed by atoms with van der Waals surface area (Å²) in [5.74, 6) is 0. The molecule has 12 heavy (non-hydrogen) atoms. The zero-order valence-corrected chi connectivity index (χ0v) is 7.77. The first-order valence-electron chi connectivity index (χ1n) is 3.89. The Morgan fingerprint density at radius 3 is 2.00 bits per heavy atom.